The standard InChI is InChI=1S/C10H14ClN3O/c1-10(2,6-12)9(15)14-8-4-3-7(11)5-13-8/h3-5H,6,12H2,1-2H3,(H,13,14,15). The normalized spacial score (nSPS) is 11.2. The van der Waals surface area contributed by atoms with Crippen molar-refractivity contribution < 1.29 is 4.79 Å². The Bertz CT molecular complexity index is 348. The summed E-state index contributed by atoms with van der Waals surface area (Å²) in [7, 11) is 0. The number of amides is 1. The largest absolute Gasteiger partial charge is 0.329 e. The van der Waals surface area contributed by atoms with Crippen molar-refractivity contribution in [2.75, 3.05) is 11.9 Å². The summed E-state index contributed by atoms with van der Waals surface area (Å²) < 4.78 is 0. The molecular weight excluding hydrogens is 214 g/mol. The maximum atomic E-state index is 11.7. The lowest BCUT2D eigenvalue weighted by molar-refractivity contribution is -0.123. The molecule has 0 saturated carbocycles. The maximum Gasteiger partial charge on any atom is 0.232 e. The summed E-state index contributed by atoms with van der Waals surface area (Å²) in [4.78, 5) is 15.6. The summed E-state index contributed by atoms with van der Waals surface area (Å²) in [6, 6.07) is 3.31. The molecule has 1 aromatic rings. The fraction of sp³-hybridized carbons (Fsp3) is 0.400. The third-order valence-electron chi connectivity index (χ3n) is 2.09. The van der Waals surface area contributed by atoms with E-state index in [0.29, 0.717) is 10.8 Å². The molecule has 0 aromatic carbocycles. The number of rotatable bonds is 3. The van der Waals surface area contributed by atoms with E-state index in [2.05, 4.69) is 10.3 Å². The van der Waals surface area contributed by atoms with E-state index in [1.807, 2.05) is 0 Å². The SMILES string of the molecule is CC(C)(CN)C(=O)Nc1ccc(Cl)cn1. The predicted octanol–water partition coefficient (Wildman–Crippen LogP) is 1.66. The first kappa shape index (κ1) is 11.9. The Morgan fingerprint density at radius 1 is 1.60 bits per heavy atom. The van der Waals surface area contributed by atoms with Crippen molar-refractivity contribution in [2.24, 2.45) is 11.1 Å². The number of carbonyl (C=O) groups excluding carboxylic acids is 1. The topological polar surface area (TPSA) is 68.0 Å². The highest BCUT2D eigenvalue weighted by Gasteiger charge is 2.25. The van der Waals surface area contributed by atoms with Gasteiger partial charge >= 0.3 is 0 Å². The smallest absolute Gasteiger partial charge is 0.232 e. The highest BCUT2D eigenvalue weighted by molar-refractivity contribution is 6.30. The second kappa shape index (κ2) is 4.59. The maximum absolute atomic E-state index is 11.7. The van der Waals surface area contributed by atoms with Crippen LogP contribution in [0.3, 0.4) is 0 Å². The number of nitrogens with one attached hydrogen (secondary N) is 1. The molecule has 0 bridgehead atoms. The van der Waals surface area contributed by atoms with Gasteiger partial charge in [-0.15, -0.1) is 0 Å². The molecule has 1 heterocycles. The minimum absolute atomic E-state index is 0.153. The molecule has 0 spiro atoms. The summed E-state index contributed by atoms with van der Waals surface area (Å²) >= 11 is 5.67. The molecule has 0 fully saturated rings. The van der Waals surface area contributed by atoms with Crippen LogP contribution in [-0.4, -0.2) is 17.4 Å². The molecule has 0 aliphatic heterocycles. The molecular formula is C10H14ClN3O. The van der Waals surface area contributed by atoms with Gasteiger partial charge in [0.1, 0.15) is 5.82 Å². The van der Waals surface area contributed by atoms with E-state index >= 15 is 0 Å². The fourth-order valence-electron chi connectivity index (χ4n) is 0.828. The van der Waals surface area contributed by atoms with Crippen LogP contribution in [0.2, 0.25) is 5.02 Å². The fourth-order valence-corrected chi connectivity index (χ4v) is 0.940. The number of carbonyl (C=O) groups is 1. The highest BCUT2D eigenvalue weighted by Crippen LogP contribution is 2.16. The highest BCUT2D eigenvalue weighted by atomic mass is 35.5. The predicted molar refractivity (Wildman–Crippen MR) is 60.7 cm³/mol. The minimum Gasteiger partial charge on any atom is -0.329 e. The van der Waals surface area contributed by atoms with Crippen molar-refractivity contribution >= 4 is 23.3 Å². The van der Waals surface area contributed by atoms with Gasteiger partial charge in [-0.3, -0.25) is 4.79 Å². The zero-order chi connectivity index (χ0) is 11.5. The average molecular weight is 228 g/mol. The zero-order valence-electron chi connectivity index (χ0n) is 8.75. The second-order valence-electron chi connectivity index (χ2n) is 3.90. The van der Waals surface area contributed by atoms with Gasteiger partial charge in [0.25, 0.3) is 0 Å². The Morgan fingerprint density at radius 3 is 2.73 bits per heavy atom. The van der Waals surface area contributed by atoms with Crippen LogP contribution in [-0.2, 0) is 4.79 Å². The van der Waals surface area contributed by atoms with E-state index in [-0.39, 0.29) is 12.5 Å². The molecule has 0 radical (unpaired) electrons. The van der Waals surface area contributed by atoms with Crippen molar-refractivity contribution in [1.82, 2.24) is 4.98 Å². The second-order valence-corrected chi connectivity index (χ2v) is 4.34. The number of nitrogens with zero attached hydrogens (tertiary/aromatic N) is 1. The molecule has 1 amide bonds. The van der Waals surface area contributed by atoms with Crippen molar-refractivity contribution in [3.8, 4) is 0 Å². The molecule has 4 nitrogen and oxygen atoms in total. The first-order valence-corrected chi connectivity index (χ1v) is 4.96. The molecule has 0 aliphatic rings. The lowest BCUT2D eigenvalue weighted by atomic mass is 9.93. The van der Waals surface area contributed by atoms with Crippen LogP contribution in [0.1, 0.15) is 13.8 Å². The van der Waals surface area contributed by atoms with E-state index in [0.717, 1.165) is 0 Å². The summed E-state index contributed by atoms with van der Waals surface area (Å²) in [6.07, 6.45) is 1.48. The van der Waals surface area contributed by atoms with E-state index in [4.69, 9.17) is 17.3 Å². The molecule has 5 heteroatoms. The number of aromatic nitrogens is 1. The van der Waals surface area contributed by atoms with Gasteiger partial charge in [-0.1, -0.05) is 11.6 Å². The first-order chi connectivity index (χ1) is 6.95. The number of pyridine rings is 1. The van der Waals surface area contributed by atoms with Gasteiger partial charge in [0.05, 0.1) is 10.4 Å². The molecule has 0 atom stereocenters. The zero-order valence-corrected chi connectivity index (χ0v) is 9.51. The molecule has 0 unspecified atom stereocenters. The Morgan fingerprint density at radius 2 is 2.27 bits per heavy atom. The molecule has 82 valence electrons. The lowest BCUT2D eigenvalue weighted by Gasteiger charge is -2.20. The van der Waals surface area contributed by atoms with Gasteiger partial charge in [-0.05, 0) is 26.0 Å². The number of halogens is 1. The molecule has 0 saturated heterocycles. The Balaban J connectivity index is 2.71. The molecule has 3 N–H and O–H groups in total. The Labute approximate surface area is 93.8 Å². The van der Waals surface area contributed by atoms with E-state index in [9.17, 15) is 4.79 Å². The van der Waals surface area contributed by atoms with Crippen LogP contribution in [0.4, 0.5) is 5.82 Å². The summed E-state index contributed by atoms with van der Waals surface area (Å²) in [5, 5.41) is 3.21. The summed E-state index contributed by atoms with van der Waals surface area (Å²) in [6.45, 7) is 3.84. The van der Waals surface area contributed by atoms with Crippen molar-refractivity contribution in [2.45, 2.75) is 13.8 Å². The molecule has 15 heavy (non-hydrogen) atoms. The molecule has 0 aliphatic carbocycles. The third kappa shape index (κ3) is 3.18. The monoisotopic (exact) mass is 227 g/mol. The van der Waals surface area contributed by atoms with E-state index in [1.54, 1.807) is 26.0 Å². The van der Waals surface area contributed by atoms with Crippen LogP contribution >= 0.6 is 11.6 Å². The number of nitrogens with two attached hydrogens (primary N) is 1. The van der Waals surface area contributed by atoms with Crippen LogP contribution < -0.4 is 11.1 Å². The van der Waals surface area contributed by atoms with Crippen LogP contribution in [0.5, 0.6) is 0 Å². The quantitative estimate of drug-likeness (QED) is 0.825. The van der Waals surface area contributed by atoms with Gasteiger partial charge in [-0.2, -0.15) is 0 Å². The van der Waals surface area contributed by atoms with Crippen LogP contribution in [0.15, 0.2) is 18.3 Å². The van der Waals surface area contributed by atoms with Gasteiger partial charge in [0.2, 0.25) is 5.91 Å². The Kier molecular flexibility index (Phi) is 3.66. The third-order valence-corrected chi connectivity index (χ3v) is 2.32. The Hall–Kier alpha value is -1.13. The number of anilines is 1. The van der Waals surface area contributed by atoms with Crippen LogP contribution in [0, 0.1) is 5.41 Å². The van der Waals surface area contributed by atoms with Gasteiger partial charge in [-0.25, -0.2) is 4.98 Å². The summed E-state index contributed by atoms with van der Waals surface area (Å²) in [5.41, 5.74) is 4.89. The van der Waals surface area contributed by atoms with E-state index in [1.165, 1.54) is 6.20 Å². The van der Waals surface area contributed by atoms with Gasteiger partial charge in [0.15, 0.2) is 0 Å². The minimum atomic E-state index is -0.596. The first-order valence-electron chi connectivity index (χ1n) is 4.59. The summed E-state index contributed by atoms with van der Waals surface area (Å²) in [5.74, 6) is 0.325. The average Bonchev–Trinajstić information content (AvgIpc) is 2.21. The van der Waals surface area contributed by atoms with Gasteiger partial charge in [0, 0.05) is 12.7 Å². The van der Waals surface area contributed by atoms with Crippen LogP contribution in [0.25, 0.3) is 0 Å². The lowest BCUT2D eigenvalue weighted by Crippen LogP contribution is -2.37. The number of hydrogen-bond donors (Lipinski definition) is 2. The molecule has 1 aromatic heterocycles. The number of hydrogen-bond acceptors (Lipinski definition) is 3. The van der Waals surface area contributed by atoms with Crippen molar-refractivity contribution in [3.63, 3.8) is 0 Å². The van der Waals surface area contributed by atoms with Crippen molar-refractivity contribution in [1.29, 1.82) is 0 Å². The molecule has 1 rings (SSSR count). The van der Waals surface area contributed by atoms with E-state index < -0.39 is 5.41 Å². The van der Waals surface area contributed by atoms with Crippen molar-refractivity contribution in [3.05, 3.63) is 23.4 Å². The van der Waals surface area contributed by atoms with Gasteiger partial charge < -0.3 is 11.1 Å².